The van der Waals surface area contributed by atoms with Crippen LogP contribution in [-0.4, -0.2) is 56.0 Å². The molecule has 0 saturated carbocycles. The van der Waals surface area contributed by atoms with Crippen LogP contribution < -0.4 is 4.74 Å². The Morgan fingerprint density at radius 3 is 2.92 bits per heavy atom. The molecule has 2 aromatic rings. The van der Waals surface area contributed by atoms with Crippen molar-refractivity contribution in [3.8, 4) is 5.88 Å². The number of rotatable bonds is 5. The van der Waals surface area contributed by atoms with Crippen LogP contribution in [0.2, 0.25) is 0 Å². The molecule has 0 bridgehead atoms. The van der Waals surface area contributed by atoms with E-state index in [1.165, 1.54) is 5.56 Å². The third-order valence-electron chi connectivity index (χ3n) is 4.89. The first-order valence-corrected chi connectivity index (χ1v) is 8.94. The van der Waals surface area contributed by atoms with E-state index < -0.39 is 0 Å². The smallest absolute Gasteiger partial charge is 0.232 e. The van der Waals surface area contributed by atoms with Crippen molar-refractivity contribution < 1.29 is 9.47 Å². The summed E-state index contributed by atoms with van der Waals surface area (Å²) in [7, 11) is 0. The monoisotopic (exact) mass is 343 g/mol. The van der Waals surface area contributed by atoms with E-state index in [2.05, 4.69) is 40.0 Å². The molecule has 4 heterocycles. The molecule has 2 aromatic heterocycles. The van der Waals surface area contributed by atoms with Crippen LogP contribution in [0.4, 0.5) is 0 Å². The minimum Gasteiger partial charge on any atom is -0.473 e. The second-order valence-corrected chi connectivity index (χ2v) is 7.38. The summed E-state index contributed by atoms with van der Waals surface area (Å²) in [5, 5.41) is 4.42. The van der Waals surface area contributed by atoms with Crippen molar-refractivity contribution in [2.45, 2.75) is 51.0 Å². The first-order valence-electron chi connectivity index (χ1n) is 8.94. The summed E-state index contributed by atoms with van der Waals surface area (Å²) >= 11 is 0. The van der Waals surface area contributed by atoms with Crippen LogP contribution in [0.25, 0.3) is 0 Å². The summed E-state index contributed by atoms with van der Waals surface area (Å²) in [6, 6.07) is 0.400. The lowest BCUT2D eigenvalue weighted by Crippen LogP contribution is -2.65. The van der Waals surface area contributed by atoms with E-state index in [0.29, 0.717) is 11.9 Å². The number of aromatic nitrogens is 4. The number of ether oxygens (including phenoxy) is 2. The zero-order valence-corrected chi connectivity index (χ0v) is 14.8. The molecule has 2 aliphatic heterocycles. The maximum absolute atomic E-state index is 6.10. The fourth-order valence-corrected chi connectivity index (χ4v) is 3.70. The summed E-state index contributed by atoms with van der Waals surface area (Å²) in [6.07, 6.45) is 11.0. The second kappa shape index (κ2) is 6.72. The molecule has 134 valence electrons. The third kappa shape index (κ3) is 3.67. The Kier molecular flexibility index (Phi) is 4.43. The van der Waals surface area contributed by atoms with E-state index in [1.807, 2.05) is 10.9 Å². The van der Waals surface area contributed by atoms with Gasteiger partial charge in [-0.3, -0.25) is 14.6 Å². The Bertz CT molecular complexity index is 697. The van der Waals surface area contributed by atoms with Crippen molar-refractivity contribution in [1.82, 2.24) is 24.6 Å². The highest BCUT2D eigenvalue weighted by atomic mass is 16.5. The van der Waals surface area contributed by atoms with Crippen LogP contribution in [0.5, 0.6) is 5.88 Å². The maximum Gasteiger partial charge on any atom is 0.232 e. The Hall–Kier alpha value is -1.99. The standard InChI is InChI=1S/C18H25N5O2/c1-14(2)23-11-15(8-21-23)10-22-12-18(13-22)7-16(3-6-24-18)25-17-9-19-4-5-20-17/h4-5,8-9,11,14,16H,3,6-7,10,12-13H2,1-2H3/t16-/m1/s1. The van der Waals surface area contributed by atoms with Crippen LogP contribution in [-0.2, 0) is 11.3 Å². The summed E-state index contributed by atoms with van der Waals surface area (Å²) < 4.78 is 14.1. The normalized spacial score (nSPS) is 22.9. The highest BCUT2D eigenvalue weighted by Crippen LogP contribution is 2.36. The molecule has 4 rings (SSSR count). The van der Waals surface area contributed by atoms with E-state index in [1.54, 1.807) is 18.6 Å². The maximum atomic E-state index is 6.10. The van der Waals surface area contributed by atoms with Crippen LogP contribution >= 0.6 is 0 Å². The van der Waals surface area contributed by atoms with E-state index in [4.69, 9.17) is 9.47 Å². The molecule has 0 radical (unpaired) electrons. The van der Waals surface area contributed by atoms with Gasteiger partial charge in [-0.15, -0.1) is 0 Å². The lowest BCUT2D eigenvalue weighted by molar-refractivity contribution is -0.188. The minimum atomic E-state index is -0.0703. The van der Waals surface area contributed by atoms with Crippen LogP contribution in [0.1, 0.15) is 38.3 Å². The van der Waals surface area contributed by atoms with Crippen LogP contribution in [0, 0.1) is 0 Å². The predicted molar refractivity (Wildman–Crippen MR) is 92.3 cm³/mol. The Morgan fingerprint density at radius 2 is 2.20 bits per heavy atom. The van der Waals surface area contributed by atoms with E-state index in [0.717, 1.165) is 39.1 Å². The zero-order valence-electron chi connectivity index (χ0n) is 14.8. The highest BCUT2D eigenvalue weighted by molar-refractivity contribution is 5.10. The molecule has 2 aliphatic rings. The molecule has 0 unspecified atom stereocenters. The van der Waals surface area contributed by atoms with Gasteiger partial charge in [0.15, 0.2) is 0 Å². The minimum absolute atomic E-state index is 0.0703. The van der Waals surface area contributed by atoms with Gasteiger partial charge in [0.1, 0.15) is 6.10 Å². The molecule has 7 nitrogen and oxygen atoms in total. The van der Waals surface area contributed by atoms with E-state index in [-0.39, 0.29) is 11.7 Å². The fraction of sp³-hybridized carbons (Fsp3) is 0.611. The van der Waals surface area contributed by atoms with Gasteiger partial charge in [-0.2, -0.15) is 5.10 Å². The fourth-order valence-electron chi connectivity index (χ4n) is 3.70. The van der Waals surface area contributed by atoms with E-state index in [9.17, 15) is 0 Å². The first-order chi connectivity index (χ1) is 12.1. The van der Waals surface area contributed by atoms with Gasteiger partial charge in [-0.1, -0.05) is 0 Å². The number of hydrogen-bond donors (Lipinski definition) is 0. The van der Waals surface area contributed by atoms with Crippen molar-refractivity contribution in [3.63, 3.8) is 0 Å². The van der Waals surface area contributed by atoms with Crippen LogP contribution in [0.3, 0.4) is 0 Å². The number of nitrogens with zero attached hydrogens (tertiary/aromatic N) is 5. The molecule has 7 heteroatoms. The van der Waals surface area contributed by atoms with Gasteiger partial charge in [0.2, 0.25) is 5.88 Å². The summed E-state index contributed by atoms with van der Waals surface area (Å²) in [5.41, 5.74) is 1.19. The molecular formula is C18H25N5O2. The van der Waals surface area contributed by atoms with Gasteiger partial charge in [-0.05, 0) is 13.8 Å². The second-order valence-electron chi connectivity index (χ2n) is 7.38. The van der Waals surface area contributed by atoms with Gasteiger partial charge >= 0.3 is 0 Å². The molecule has 25 heavy (non-hydrogen) atoms. The summed E-state index contributed by atoms with van der Waals surface area (Å²) in [4.78, 5) is 10.7. The van der Waals surface area contributed by atoms with Gasteiger partial charge < -0.3 is 9.47 Å². The molecule has 0 aliphatic carbocycles. The lowest BCUT2D eigenvalue weighted by atomic mass is 9.84. The van der Waals surface area contributed by atoms with Crippen molar-refractivity contribution in [2.75, 3.05) is 19.7 Å². The number of hydrogen-bond acceptors (Lipinski definition) is 6. The first kappa shape index (κ1) is 16.5. The topological polar surface area (TPSA) is 65.3 Å². The zero-order chi connectivity index (χ0) is 17.3. The summed E-state index contributed by atoms with van der Waals surface area (Å²) in [5.74, 6) is 0.599. The predicted octanol–water partition coefficient (Wildman–Crippen LogP) is 2.07. The summed E-state index contributed by atoms with van der Waals surface area (Å²) in [6.45, 7) is 7.84. The van der Waals surface area contributed by atoms with Gasteiger partial charge in [0, 0.05) is 62.7 Å². The molecule has 0 aromatic carbocycles. The molecule has 2 fully saturated rings. The van der Waals surface area contributed by atoms with Crippen LogP contribution in [0.15, 0.2) is 31.0 Å². The lowest BCUT2D eigenvalue weighted by Gasteiger charge is -2.53. The van der Waals surface area contributed by atoms with E-state index >= 15 is 0 Å². The van der Waals surface area contributed by atoms with Crippen molar-refractivity contribution in [1.29, 1.82) is 0 Å². The highest BCUT2D eigenvalue weighted by Gasteiger charge is 2.48. The van der Waals surface area contributed by atoms with Gasteiger partial charge in [0.25, 0.3) is 0 Å². The van der Waals surface area contributed by atoms with Gasteiger partial charge in [-0.25, -0.2) is 4.98 Å². The Morgan fingerprint density at radius 1 is 1.32 bits per heavy atom. The Balaban J connectivity index is 1.30. The average Bonchev–Trinajstić information content (AvgIpc) is 3.04. The molecule has 1 spiro atoms. The molecule has 1 atom stereocenters. The van der Waals surface area contributed by atoms with Crippen molar-refractivity contribution in [3.05, 3.63) is 36.5 Å². The third-order valence-corrected chi connectivity index (χ3v) is 4.89. The SMILES string of the molecule is CC(C)n1cc(CN2CC3(C[C@H](Oc4cnccn4)CCO3)C2)cn1. The average molecular weight is 343 g/mol. The quantitative estimate of drug-likeness (QED) is 0.828. The molecular weight excluding hydrogens is 318 g/mol. The number of likely N-dealkylation sites (tertiary alicyclic amines) is 1. The van der Waals surface area contributed by atoms with Gasteiger partial charge in [0.05, 0.1) is 24.6 Å². The largest absolute Gasteiger partial charge is 0.473 e. The molecule has 0 amide bonds. The Labute approximate surface area is 148 Å². The molecule has 2 saturated heterocycles. The molecule has 0 N–H and O–H groups in total. The van der Waals surface area contributed by atoms with Crippen molar-refractivity contribution >= 4 is 0 Å². The van der Waals surface area contributed by atoms with Crippen molar-refractivity contribution in [2.24, 2.45) is 0 Å².